The highest BCUT2D eigenvalue weighted by Gasteiger charge is 2.41. The molecule has 0 aliphatic heterocycles. The van der Waals surface area contributed by atoms with Crippen LogP contribution in [0.4, 0.5) is 0 Å². The van der Waals surface area contributed by atoms with Gasteiger partial charge in [0.05, 0.1) is 0 Å². The molecule has 1 saturated carbocycles. The Balaban J connectivity index is 1.84. The van der Waals surface area contributed by atoms with Crippen molar-refractivity contribution in [3.63, 3.8) is 0 Å². The van der Waals surface area contributed by atoms with Gasteiger partial charge in [0, 0.05) is 5.39 Å². The Morgan fingerprint density at radius 3 is 2.93 bits per heavy atom. The van der Waals surface area contributed by atoms with Crippen molar-refractivity contribution in [1.29, 1.82) is 0 Å². The number of allylic oxidation sites excluding steroid dienone is 2. The van der Waals surface area contributed by atoms with Gasteiger partial charge < -0.3 is 4.42 Å². The van der Waals surface area contributed by atoms with Crippen LogP contribution in [0.3, 0.4) is 0 Å². The molecule has 2 aliphatic rings. The fourth-order valence-electron chi connectivity index (χ4n) is 2.64. The van der Waals surface area contributed by atoms with Crippen LogP contribution < -0.4 is 0 Å². The molecule has 4 rings (SSSR count). The van der Waals surface area contributed by atoms with Gasteiger partial charge in [0.25, 0.3) is 0 Å². The van der Waals surface area contributed by atoms with Crippen LogP contribution in [-0.4, -0.2) is 0 Å². The van der Waals surface area contributed by atoms with Crippen molar-refractivity contribution >= 4 is 16.5 Å². The molecule has 74 valence electrons. The Labute approximate surface area is 88.4 Å². The van der Waals surface area contributed by atoms with Crippen LogP contribution in [0.15, 0.2) is 40.8 Å². The third kappa shape index (κ3) is 1.09. The molecule has 2 aromatic rings. The van der Waals surface area contributed by atoms with E-state index in [1.54, 1.807) is 0 Å². The van der Waals surface area contributed by atoms with Crippen molar-refractivity contribution in [3.05, 3.63) is 42.2 Å². The van der Waals surface area contributed by atoms with Gasteiger partial charge in [-0.05, 0) is 42.4 Å². The molecule has 1 fully saturated rings. The van der Waals surface area contributed by atoms with E-state index in [1.807, 2.05) is 12.1 Å². The first-order valence-corrected chi connectivity index (χ1v) is 5.60. The minimum absolute atomic E-state index is 0.869. The number of fused-ring (bicyclic) bond motifs is 2. The molecule has 1 heterocycles. The van der Waals surface area contributed by atoms with Gasteiger partial charge >= 0.3 is 0 Å². The lowest BCUT2D eigenvalue weighted by Gasteiger charge is -1.96. The SMILES string of the molecule is C1=C(c2cc3ccccc3o2)CC2CC12. The van der Waals surface area contributed by atoms with Crippen LogP contribution in [0.1, 0.15) is 18.6 Å². The van der Waals surface area contributed by atoms with E-state index in [4.69, 9.17) is 4.42 Å². The molecule has 0 spiro atoms. The summed E-state index contributed by atoms with van der Waals surface area (Å²) >= 11 is 0. The van der Waals surface area contributed by atoms with Gasteiger partial charge in [0.15, 0.2) is 0 Å². The number of hydrogen-bond acceptors (Lipinski definition) is 1. The van der Waals surface area contributed by atoms with Crippen LogP contribution >= 0.6 is 0 Å². The van der Waals surface area contributed by atoms with Gasteiger partial charge in [0.1, 0.15) is 11.3 Å². The highest BCUT2D eigenvalue weighted by Crippen LogP contribution is 2.53. The Morgan fingerprint density at radius 2 is 2.13 bits per heavy atom. The van der Waals surface area contributed by atoms with Gasteiger partial charge in [0.2, 0.25) is 0 Å². The van der Waals surface area contributed by atoms with Gasteiger partial charge in [-0.1, -0.05) is 24.3 Å². The molecule has 15 heavy (non-hydrogen) atoms. The molecule has 2 aliphatic carbocycles. The normalized spacial score (nSPS) is 27.9. The largest absolute Gasteiger partial charge is 0.456 e. The molecule has 0 radical (unpaired) electrons. The molecule has 0 saturated heterocycles. The second kappa shape index (κ2) is 2.54. The van der Waals surface area contributed by atoms with E-state index in [-0.39, 0.29) is 0 Å². The summed E-state index contributed by atoms with van der Waals surface area (Å²) in [5.41, 5.74) is 2.43. The predicted octanol–water partition coefficient (Wildman–Crippen LogP) is 3.86. The Morgan fingerprint density at radius 1 is 1.20 bits per heavy atom. The fourth-order valence-corrected chi connectivity index (χ4v) is 2.64. The van der Waals surface area contributed by atoms with E-state index in [1.165, 1.54) is 23.8 Å². The first kappa shape index (κ1) is 7.75. The Kier molecular flexibility index (Phi) is 1.31. The number of rotatable bonds is 1. The van der Waals surface area contributed by atoms with Crippen LogP contribution in [-0.2, 0) is 0 Å². The number of furan rings is 1. The molecular weight excluding hydrogens is 184 g/mol. The molecule has 0 bridgehead atoms. The van der Waals surface area contributed by atoms with Gasteiger partial charge in [-0.3, -0.25) is 0 Å². The maximum Gasteiger partial charge on any atom is 0.134 e. The second-order valence-electron chi connectivity index (χ2n) is 4.70. The van der Waals surface area contributed by atoms with Gasteiger partial charge in [-0.2, -0.15) is 0 Å². The molecular formula is C14H12O. The third-order valence-electron chi connectivity index (χ3n) is 3.62. The van der Waals surface area contributed by atoms with Crippen LogP contribution in [0.5, 0.6) is 0 Å². The van der Waals surface area contributed by atoms with Crippen LogP contribution in [0.25, 0.3) is 16.5 Å². The standard InChI is InChI=1S/C14H12O/c1-2-4-13-9(3-1)8-14(15-13)12-6-10-5-11(10)7-12/h1-4,6,8,10-11H,5,7H2. The van der Waals surface area contributed by atoms with E-state index >= 15 is 0 Å². The maximum absolute atomic E-state index is 5.85. The van der Waals surface area contributed by atoms with Crippen molar-refractivity contribution in [3.8, 4) is 0 Å². The smallest absolute Gasteiger partial charge is 0.134 e. The van der Waals surface area contributed by atoms with Crippen molar-refractivity contribution in [1.82, 2.24) is 0 Å². The summed E-state index contributed by atoms with van der Waals surface area (Å²) < 4.78 is 5.85. The third-order valence-corrected chi connectivity index (χ3v) is 3.62. The topological polar surface area (TPSA) is 13.1 Å². The van der Waals surface area contributed by atoms with Crippen LogP contribution in [0, 0.1) is 11.8 Å². The summed E-state index contributed by atoms with van der Waals surface area (Å²) in [5, 5.41) is 1.22. The molecule has 2 unspecified atom stereocenters. The minimum Gasteiger partial charge on any atom is -0.456 e. The maximum atomic E-state index is 5.85. The number of para-hydroxylation sites is 1. The number of benzene rings is 1. The minimum atomic E-state index is 0.869. The molecule has 1 aromatic carbocycles. The second-order valence-corrected chi connectivity index (χ2v) is 4.70. The number of hydrogen-bond donors (Lipinski definition) is 0. The van der Waals surface area contributed by atoms with Gasteiger partial charge in [-0.15, -0.1) is 0 Å². The Hall–Kier alpha value is -1.50. The first-order valence-electron chi connectivity index (χ1n) is 5.60. The van der Waals surface area contributed by atoms with Gasteiger partial charge in [-0.25, -0.2) is 0 Å². The van der Waals surface area contributed by atoms with E-state index in [2.05, 4.69) is 24.3 Å². The predicted molar refractivity (Wildman–Crippen MR) is 60.4 cm³/mol. The van der Waals surface area contributed by atoms with Crippen molar-refractivity contribution < 1.29 is 4.42 Å². The zero-order valence-corrected chi connectivity index (χ0v) is 8.44. The lowest BCUT2D eigenvalue weighted by atomic mass is 10.1. The molecule has 2 atom stereocenters. The molecule has 1 aromatic heterocycles. The summed E-state index contributed by atoms with van der Waals surface area (Å²) in [7, 11) is 0. The lowest BCUT2D eigenvalue weighted by molar-refractivity contribution is 0.595. The average molecular weight is 196 g/mol. The molecule has 0 N–H and O–H groups in total. The highest BCUT2D eigenvalue weighted by atomic mass is 16.3. The van der Waals surface area contributed by atoms with E-state index in [0.29, 0.717) is 0 Å². The quantitative estimate of drug-likeness (QED) is 0.675. The fraction of sp³-hybridized carbons (Fsp3) is 0.286. The summed E-state index contributed by atoms with van der Waals surface area (Å²) in [6, 6.07) is 10.4. The van der Waals surface area contributed by atoms with Crippen molar-refractivity contribution in [2.24, 2.45) is 11.8 Å². The van der Waals surface area contributed by atoms with Crippen molar-refractivity contribution in [2.45, 2.75) is 12.8 Å². The summed E-state index contributed by atoms with van der Waals surface area (Å²) in [5.74, 6) is 2.89. The molecule has 1 nitrogen and oxygen atoms in total. The van der Waals surface area contributed by atoms with Crippen LogP contribution in [0.2, 0.25) is 0 Å². The summed E-state index contributed by atoms with van der Waals surface area (Å²) in [6.45, 7) is 0. The van der Waals surface area contributed by atoms with E-state index in [9.17, 15) is 0 Å². The zero-order chi connectivity index (χ0) is 9.83. The van der Waals surface area contributed by atoms with E-state index < -0.39 is 0 Å². The monoisotopic (exact) mass is 196 g/mol. The molecule has 0 amide bonds. The Bertz CT molecular complexity index is 528. The zero-order valence-electron chi connectivity index (χ0n) is 8.44. The average Bonchev–Trinajstić information content (AvgIpc) is 2.76. The molecule has 1 heteroatoms. The van der Waals surface area contributed by atoms with E-state index in [0.717, 1.165) is 23.2 Å². The first-order chi connectivity index (χ1) is 7.40. The highest BCUT2D eigenvalue weighted by molar-refractivity contribution is 5.82. The summed E-state index contributed by atoms with van der Waals surface area (Å²) in [4.78, 5) is 0. The lowest BCUT2D eigenvalue weighted by Crippen LogP contribution is -1.78. The van der Waals surface area contributed by atoms with Crippen molar-refractivity contribution in [2.75, 3.05) is 0 Å². The summed E-state index contributed by atoms with van der Waals surface area (Å²) in [6.07, 6.45) is 5.04.